The molecule has 1 heterocycles. The van der Waals surface area contributed by atoms with Crippen molar-refractivity contribution >= 4 is 17.3 Å². The van der Waals surface area contributed by atoms with Gasteiger partial charge < -0.3 is 4.74 Å². The Morgan fingerprint density at radius 2 is 2.10 bits per heavy atom. The Bertz CT molecular complexity index is 683. The van der Waals surface area contributed by atoms with Gasteiger partial charge in [-0.1, -0.05) is 31.2 Å². The van der Waals surface area contributed by atoms with E-state index < -0.39 is 12.1 Å². The van der Waals surface area contributed by atoms with Crippen molar-refractivity contribution in [3.63, 3.8) is 0 Å². The van der Waals surface area contributed by atoms with Crippen LogP contribution in [0.2, 0.25) is 0 Å². The predicted molar refractivity (Wildman–Crippen MR) is 82.2 cm³/mol. The smallest absolute Gasteiger partial charge is 0.351 e. The Morgan fingerprint density at radius 3 is 2.67 bits per heavy atom. The van der Waals surface area contributed by atoms with Crippen molar-refractivity contribution < 1.29 is 9.53 Å². The Balaban J connectivity index is 2.26. The van der Waals surface area contributed by atoms with Crippen LogP contribution in [0.15, 0.2) is 24.3 Å². The van der Waals surface area contributed by atoms with Gasteiger partial charge in [-0.2, -0.15) is 5.26 Å². The SMILES string of the molecule is CCc1ccc(-c2nc(C)c(C(=O)O[C@@H](C)C#N)s2)cc1. The van der Waals surface area contributed by atoms with E-state index in [0.29, 0.717) is 10.6 Å². The molecule has 0 bridgehead atoms. The molecule has 0 radical (unpaired) electrons. The number of carbonyl (C=O) groups is 1. The number of nitriles is 1. The first-order valence-electron chi connectivity index (χ1n) is 6.72. The van der Waals surface area contributed by atoms with Gasteiger partial charge in [0, 0.05) is 5.56 Å². The number of aromatic nitrogens is 1. The Hall–Kier alpha value is -2.19. The number of ether oxygens (including phenoxy) is 1. The van der Waals surface area contributed by atoms with Gasteiger partial charge in [0.25, 0.3) is 0 Å². The minimum atomic E-state index is -0.758. The number of esters is 1. The van der Waals surface area contributed by atoms with Crippen molar-refractivity contribution in [1.29, 1.82) is 5.26 Å². The molecule has 4 nitrogen and oxygen atoms in total. The lowest BCUT2D eigenvalue weighted by Gasteiger charge is -2.03. The maximum Gasteiger partial charge on any atom is 0.351 e. The lowest BCUT2D eigenvalue weighted by molar-refractivity contribution is 0.0440. The fourth-order valence-corrected chi connectivity index (χ4v) is 2.79. The first-order valence-corrected chi connectivity index (χ1v) is 7.54. The fraction of sp³-hybridized carbons (Fsp3) is 0.312. The van der Waals surface area contributed by atoms with Gasteiger partial charge in [0.2, 0.25) is 0 Å². The number of hydrogen-bond donors (Lipinski definition) is 0. The van der Waals surface area contributed by atoms with E-state index in [1.807, 2.05) is 18.2 Å². The van der Waals surface area contributed by atoms with Crippen molar-refractivity contribution in [2.45, 2.75) is 33.3 Å². The van der Waals surface area contributed by atoms with Gasteiger partial charge in [-0.05, 0) is 25.8 Å². The molecule has 0 unspecified atom stereocenters. The summed E-state index contributed by atoms with van der Waals surface area (Å²) in [6, 6.07) is 10.0. The van der Waals surface area contributed by atoms with Crippen molar-refractivity contribution in [2.75, 3.05) is 0 Å². The van der Waals surface area contributed by atoms with Crippen LogP contribution < -0.4 is 0 Å². The van der Waals surface area contributed by atoms with E-state index >= 15 is 0 Å². The second-order valence-corrected chi connectivity index (χ2v) is 5.66. The molecular formula is C16H16N2O2S. The van der Waals surface area contributed by atoms with Crippen LogP contribution in [0, 0.1) is 18.3 Å². The molecule has 0 saturated heterocycles. The first kappa shape index (κ1) is 15.2. The fourth-order valence-electron chi connectivity index (χ4n) is 1.83. The summed E-state index contributed by atoms with van der Waals surface area (Å²) in [5, 5.41) is 9.48. The molecule has 0 spiro atoms. The van der Waals surface area contributed by atoms with Gasteiger partial charge in [0.15, 0.2) is 6.10 Å². The number of benzene rings is 1. The zero-order chi connectivity index (χ0) is 15.4. The van der Waals surface area contributed by atoms with E-state index in [2.05, 4.69) is 24.0 Å². The minimum Gasteiger partial charge on any atom is -0.443 e. The largest absolute Gasteiger partial charge is 0.443 e. The van der Waals surface area contributed by atoms with Gasteiger partial charge >= 0.3 is 5.97 Å². The molecule has 2 aromatic rings. The minimum absolute atomic E-state index is 0.451. The number of hydrogen-bond acceptors (Lipinski definition) is 5. The molecule has 0 amide bonds. The Morgan fingerprint density at radius 1 is 1.43 bits per heavy atom. The predicted octanol–water partition coefficient (Wildman–Crippen LogP) is 3.75. The lowest BCUT2D eigenvalue weighted by atomic mass is 10.1. The van der Waals surface area contributed by atoms with E-state index in [1.165, 1.54) is 16.9 Å². The van der Waals surface area contributed by atoms with E-state index in [1.54, 1.807) is 13.8 Å². The molecule has 21 heavy (non-hydrogen) atoms. The van der Waals surface area contributed by atoms with Gasteiger partial charge in [-0.3, -0.25) is 0 Å². The van der Waals surface area contributed by atoms with Crippen LogP contribution in [0.3, 0.4) is 0 Å². The van der Waals surface area contributed by atoms with E-state index in [0.717, 1.165) is 17.0 Å². The van der Waals surface area contributed by atoms with E-state index in [4.69, 9.17) is 10.00 Å². The third kappa shape index (κ3) is 3.47. The molecule has 0 N–H and O–H groups in total. The zero-order valence-electron chi connectivity index (χ0n) is 12.2. The lowest BCUT2D eigenvalue weighted by Crippen LogP contribution is -2.12. The second kappa shape index (κ2) is 6.51. The third-order valence-electron chi connectivity index (χ3n) is 3.06. The average molecular weight is 300 g/mol. The number of nitrogens with zero attached hydrogens (tertiary/aromatic N) is 2. The maximum atomic E-state index is 12.0. The van der Waals surface area contributed by atoms with Crippen LogP contribution in [0.5, 0.6) is 0 Å². The van der Waals surface area contributed by atoms with Gasteiger partial charge in [-0.25, -0.2) is 9.78 Å². The third-order valence-corrected chi connectivity index (χ3v) is 4.24. The van der Waals surface area contributed by atoms with Crippen LogP contribution in [0.4, 0.5) is 0 Å². The molecule has 1 aromatic heterocycles. The summed E-state index contributed by atoms with van der Waals surface area (Å²) in [5.41, 5.74) is 2.87. The van der Waals surface area contributed by atoms with Crippen LogP contribution in [-0.4, -0.2) is 17.1 Å². The normalized spacial score (nSPS) is 11.7. The molecular weight excluding hydrogens is 284 g/mol. The van der Waals surface area contributed by atoms with Crippen LogP contribution in [0.25, 0.3) is 10.6 Å². The Kier molecular flexibility index (Phi) is 4.71. The highest BCUT2D eigenvalue weighted by Gasteiger charge is 2.19. The second-order valence-electron chi connectivity index (χ2n) is 4.66. The molecule has 1 aromatic carbocycles. The standard InChI is InChI=1S/C16H16N2O2S/c1-4-12-5-7-13(8-6-12)15-18-11(3)14(21-15)16(19)20-10(2)9-17/h5-8,10H,4H2,1-3H3/t10-/m0/s1. The average Bonchev–Trinajstić information content (AvgIpc) is 2.89. The zero-order valence-corrected chi connectivity index (χ0v) is 13.0. The van der Waals surface area contributed by atoms with Crippen molar-refractivity contribution in [2.24, 2.45) is 0 Å². The highest BCUT2D eigenvalue weighted by molar-refractivity contribution is 7.17. The number of carbonyl (C=O) groups excluding carboxylic acids is 1. The number of aryl methyl sites for hydroxylation is 2. The summed E-state index contributed by atoms with van der Waals surface area (Å²) in [6.45, 7) is 5.42. The number of rotatable bonds is 4. The van der Waals surface area contributed by atoms with Crippen molar-refractivity contribution in [3.8, 4) is 16.6 Å². The van der Waals surface area contributed by atoms with Crippen molar-refractivity contribution in [3.05, 3.63) is 40.4 Å². The summed E-state index contributed by atoms with van der Waals surface area (Å²) in [5.74, 6) is -0.490. The van der Waals surface area contributed by atoms with Crippen LogP contribution in [-0.2, 0) is 11.2 Å². The molecule has 2 rings (SSSR count). The summed E-state index contributed by atoms with van der Waals surface area (Å²) in [4.78, 5) is 16.9. The molecule has 0 aliphatic heterocycles. The van der Waals surface area contributed by atoms with Gasteiger partial charge in [0.05, 0.1) is 5.69 Å². The summed E-state index contributed by atoms with van der Waals surface area (Å²) in [6.07, 6.45) is 0.229. The molecule has 0 saturated carbocycles. The van der Waals surface area contributed by atoms with E-state index in [9.17, 15) is 4.79 Å². The quantitative estimate of drug-likeness (QED) is 0.807. The molecule has 0 aliphatic carbocycles. The van der Waals surface area contributed by atoms with E-state index in [-0.39, 0.29) is 0 Å². The maximum absolute atomic E-state index is 12.0. The molecule has 1 atom stereocenters. The molecule has 0 fully saturated rings. The first-order chi connectivity index (χ1) is 10.0. The number of thiazole rings is 1. The highest BCUT2D eigenvalue weighted by Crippen LogP contribution is 2.28. The summed E-state index contributed by atoms with van der Waals surface area (Å²) >= 11 is 1.29. The Labute approximate surface area is 128 Å². The molecule has 108 valence electrons. The monoisotopic (exact) mass is 300 g/mol. The van der Waals surface area contributed by atoms with Gasteiger partial charge in [-0.15, -0.1) is 11.3 Å². The van der Waals surface area contributed by atoms with Gasteiger partial charge in [0.1, 0.15) is 16.0 Å². The summed E-state index contributed by atoms with van der Waals surface area (Å²) < 4.78 is 5.02. The van der Waals surface area contributed by atoms with Crippen LogP contribution in [0.1, 0.15) is 34.8 Å². The molecule has 5 heteroatoms. The highest BCUT2D eigenvalue weighted by atomic mass is 32.1. The topological polar surface area (TPSA) is 63.0 Å². The summed E-state index contributed by atoms with van der Waals surface area (Å²) in [7, 11) is 0. The molecule has 0 aliphatic rings. The van der Waals surface area contributed by atoms with Crippen molar-refractivity contribution in [1.82, 2.24) is 4.98 Å². The van der Waals surface area contributed by atoms with Crippen LogP contribution >= 0.6 is 11.3 Å².